The fraction of sp³-hybridized carbons (Fsp3) is 0.120. The van der Waals surface area contributed by atoms with Gasteiger partial charge in [0.25, 0.3) is 11.5 Å². The molecule has 0 bridgehead atoms. The standard InChI is InChI=1S/C25H19BrClN5O5/c1-2-22-30-20-9-8-16(26)11-19(20)25(34)31(22)28-13-15-10-17(27)12-21(32(35)36)24(15)37-14-23(33)29-18-6-4-3-5-7-18/h3-13H,2,14H2,1H3,(H,29,33). The summed E-state index contributed by atoms with van der Waals surface area (Å²) in [4.78, 5) is 41.1. The van der Waals surface area contributed by atoms with Crippen LogP contribution in [0.3, 0.4) is 0 Å². The Morgan fingerprint density at radius 3 is 2.70 bits per heavy atom. The van der Waals surface area contributed by atoms with E-state index in [1.807, 2.05) is 6.92 Å². The van der Waals surface area contributed by atoms with Crippen molar-refractivity contribution in [3.63, 3.8) is 0 Å². The highest BCUT2D eigenvalue weighted by Gasteiger charge is 2.22. The van der Waals surface area contributed by atoms with Crippen LogP contribution in [0.4, 0.5) is 11.4 Å². The van der Waals surface area contributed by atoms with Gasteiger partial charge in [0.15, 0.2) is 6.61 Å². The lowest BCUT2D eigenvalue weighted by Crippen LogP contribution is -2.22. The average Bonchev–Trinajstić information content (AvgIpc) is 2.87. The van der Waals surface area contributed by atoms with Crippen LogP contribution < -0.4 is 15.6 Å². The molecule has 1 N–H and O–H groups in total. The van der Waals surface area contributed by atoms with Gasteiger partial charge in [-0.3, -0.25) is 19.7 Å². The van der Waals surface area contributed by atoms with Crippen LogP contribution >= 0.6 is 27.5 Å². The van der Waals surface area contributed by atoms with E-state index in [4.69, 9.17) is 16.3 Å². The van der Waals surface area contributed by atoms with E-state index >= 15 is 0 Å². The lowest BCUT2D eigenvalue weighted by molar-refractivity contribution is -0.385. The maximum Gasteiger partial charge on any atom is 0.313 e. The molecule has 10 nitrogen and oxygen atoms in total. The number of hydrogen-bond acceptors (Lipinski definition) is 7. The number of anilines is 1. The molecule has 0 spiro atoms. The molecule has 0 aliphatic carbocycles. The van der Waals surface area contributed by atoms with E-state index in [0.29, 0.717) is 33.3 Å². The van der Waals surface area contributed by atoms with E-state index in [0.717, 1.165) is 10.7 Å². The third kappa shape index (κ3) is 6.01. The van der Waals surface area contributed by atoms with Gasteiger partial charge in [0.1, 0.15) is 5.82 Å². The highest BCUT2D eigenvalue weighted by molar-refractivity contribution is 9.10. The summed E-state index contributed by atoms with van der Waals surface area (Å²) < 4.78 is 7.39. The van der Waals surface area contributed by atoms with Gasteiger partial charge in [-0.15, -0.1) is 0 Å². The molecule has 0 aliphatic rings. The number of aryl methyl sites for hydroxylation is 1. The zero-order valence-electron chi connectivity index (χ0n) is 19.4. The lowest BCUT2D eigenvalue weighted by Gasteiger charge is -2.11. The van der Waals surface area contributed by atoms with Crippen LogP contribution in [0.5, 0.6) is 5.75 Å². The van der Waals surface area contributed by atoms with Crippen LogP contribution in [0.2, 0.25) is 5.02 Å². The second-order valence-electron chi connectivity index (χ2n) is 7.71. The Balaban J connectivity index is 1.71. The molecule has 4 rings (SSSR count). The maximum absolute atomic E-state index is 13.2. The van der Waals surface area contributed by atoms with Crippen molar-refractivity contribution in [3.8, 4) is 5.75 Å². The molecule has 0 saturated heterocycles. The fourth-order valence-electron chi connectivity index (χ4n) is 3.51. The van der Waals surface area contributed by atoms with Crippen molar-refractivity contribution in [2.24, 2.45) is 5.10 Å². The van der Waals surface area contributed by atoms with E-state index in [9.17, 15) is 19.7 Å². The zero-order valence-corrected chi connectivity index (χ0v) is 21.7. The molecular weight excluding hydrogens is 566 g/mol. The predicted octanol–water partition coefficient (Wildman–Crippen LogP) is 5.18. The molecule has 188 valence electrons. The maximum atomic E-state index is 13.2. The van der Waals surface area contributed by atoms with Crippen molar-refractivity contribution in [2.45, 2.75) is 13.3 Å². The molecule has 1 aromatic heterocycles. The van der Waals surface area contributed by atoms with Gasteiger partial charge in [-0.05, 0) is 36.4 Å². The molecule has 0 saturated carbocycles. The highest BCUT2D eigenvalue weighted by Crippen LogP contribution is 2.34. The Morgan fingerprint density at radius 2 is 2.00 bits per heavy atom. The van der Waals surface area contributed by atoms with Crippen LogP contribution in [-0.2, 0) is 11.2 Å². The van der Waals surface area contributed by atoms with Gasteiger partial charge in [-0.1, -0.05) is 52.7 Å². The van der Waals surface area contributed by atoms with Crippen molar-refractivity contribution in [1.29, 1.82) is 0 Å². The number of benzene rings is 3. The Kier molecular flexibility index (Phi) is 7.95. The Bertz CT molecular complexity index is 1590. The minimum atomic E-state index is -0.674. The van der Waals surface area contributed by atoms with Crippen molar-refractivity contribution in [2.75, 3.05) is 11.9 Å². The molecule has 1 amide bonds. The third-order valence-electron chi connectivity index (χ3n) is 5.17. The number of amides is 1. The number of carbonyl (C=O) groups is 1. The van der Waals surface area contributed by atoms with E-state index in [-0.39, 0.29) is 16.3 Å². The van der Waals surface area contributed by atoms with Crippen molar-refractivity contribution < 1.29 is 14.5 Å². The smallest absolute Gasteiger partial charge is 0.313 e. The Labute approximate surface area is 223 Å². The quantitative estimate of drug-likeness (QED) is 0.173. The molecule has 4 aromatic rings. The largest absolute Gasteiger partial charge is 0.476 e. The van der Waals surface area contributed by atoms with Gasteiger partial charge < -0.3 is 10.1 Å². The summed E-state index contributed by atoms with van der Waals surface area (Å²) in [6, 6.07) is 16.3. The van der Waals surface area contributed by atoms with Gasteiger partial charge in [0.2, 0.25) is 5.75 Å². The second kappa shape index (κ2) is 11.3. The summed E-state index contributed by atoms with van der Waals surface area (Å²) in [5, 5.41) is 19.0. The average molecular weight is 585 g/mol. The Hall–Kier alpha value is -4.09. The van der Waals surface area contributed by atoms with Crippen LogP contribution in [0, 0.1) is 10.1 Å². The molecule has 3 aromatic carbocycles. The van der Waals surface area contributed by atoms with Crippen LogP contribution in [0.25, 0.3) is 10.9 Å². The molecule has 0 unspecified atom stereocenters. The number of halogens is 2. The van der Waals surface area contributed by atoms with Crippen molar-refractivity contribution >= 4 is 61.9 Å². The van der Waals surface area contributed by atoms with Crippen molar-refractivity contribution in [3.05, 3.63) is 102 Å². The van der Waals surface area contributed by atoms with Gasteiger partial charge in [0.05, 0.1) is 22.0 Å². The first kappa shape index (κ1) is 26.0. The zero-order chi connectivity index (χ0) is 26.5. The normalized spacial score (nSPS) is 11.1. The Morgan fingerprint density at radius 1 is 1.24 bits per heavy atom. The van der Waals surface area contributed by atoms with E-state index < -0.39 is 28.7 Å². The monoisotopic (exact) mass is 583 g/mol. The molecule has 12 heteroatoms. The molecule has 1 heterocycles. The number of nitro benzene ring substituents is 1. The number of hydrogen-bond donors (Lipinski definition) is 1. The first-order valence-electron chi connectivity index (χ1n) is 11.0. The van der Waals surface area contributed by atoms with Gasteiger partial charge in [-0.2, -0.15) is 9.78 Å². The molecule has 0 atom stereocenters. The number of para-hydroxylation sites is 1. The number of ether oxygens (including phenoxy) is 1. The predicted molar refractivity (Wildman–Crippen MR) is 145 cm³/mol. The minimum Gasteiger partial charge on any atom is -0.476 e. The summed E-state index contributed by atoms with van der Waals surface area (Å²) in [5.41, 5.74) is 0.300. The molecule has 0 fully saturated rings. The fourth-order valence-corrected chi connectivity index (χ4v) is 4.09. The minimum absolute atomic E-state index is 0.0536. The summed E-state index contributed by atoms with van der Waals surface area (Å²) in [7, 11) is 0. The first-order valence-corrected chi connectivity index (χ1v) is 12.1. The number of aromatic nitrogens is 2. The number of nitro groups is 1. The highest BCUT2D eigenvalue weighted by atomic mass is 79.9. The van der Waals surface area contributed by atoms with E-state index in [1.165, 1.54) is 12.3 Å². The van der Waals surface area contributed by atoms with Gasteiger partial charge in [0, 0.05) is 33.2 Å². The van der Waals surface area contributed by atoms with E-state index in [1.54, 1.807) is 48.5 Å². The molecule has 0 radical (unpaired) electrons. The number of carbonyl (C=O) groups excluding carboxylic acids is 1. The topological polar surface area (TPSA) is 129 Å². The first-order chi connectivity index (χ1) is 17.8. The molecule has 37 heavy (non-hydrogen) atoms. The van der Waals surface area contributed by atoms with Crippen molar-refractivity contribution in [1.82, 2.24) is 9.66 Å². The summed E-state index contributed by atoms with van der Waals surface area (Å²) in [6.07, 6.45) is 1.62. The number of rotatable bonds is 8. The number of nitrogens with one attached hydrogen (secondary N) is 1. The third-order valence-corrected chi connectivity index (χ3v) is 5.88. The number of fused-ring (bicyclic) bond motifs is 1. The van der Waals surface area contributed by atoms with Gasteiger partial charge in [-0.25, -0.2) is 4.98 Å². The summed E-state index contributed by atoms with van der Waals surface area (Å²) in [6.45, 7) is 1.31. The van der Waals surface area contributed by atoms with Gasteiger partial charge >= 0.3 is 5.69 Å². The van der Waals surface area contributed by atoms with Crippen LogP contribution in [0.15, 0.2) is 75.0 Å². The summed E-state index contributed by atoms with van der Waals surface area (Å²) >= 11 is 9.47. The number of nitrogens with zero attached hydrogens (tertiary/aromatic N) is 4. The summed E-state index contributed by atoms with van der Waals surface area (Å²) in [5.74, 6) is -0.353. The molecule has 0 aliphatic heterocycles. The van der Waals surface area contributed by atoms with E-state index in [2.05, 4.69) is 31.3 Å². The lowest BCUT2D eigenvalue weighted by atomic mass is 10.2. The SMILES string of the molecule is CCc1nc2ccc(Br)cc2c(=O)n1N=Cc1cc(Cl)cc([N+](=O)[O-])c1OCC(=O)Nc1ccccc1. The van der Waals surface area contributed by atoms with Crippen LogP contribution in [-0.4, -0.2) is 33.3 Å². The molecular formula is C25H19BrClN5O5. The van der Waals surface area contributed by atoms with Crippen LogP contribution in [0.1, 0.15) is 18.3 Å². The second-order valence-corrected chi connectivity index (χ2v) is 9.06.